The molecule has 0 N–H and O–H groups in total. The molecule has 1 saturated carbocycles. The Bertz CT molecular complexity index is 836. The van der Waals surface area contributed by atoms with Gasteiger partial charge in [-0.3, -0.25) is 4.79 Å². The number of hydrogen-bond acceptors (Lipinski definition) is 5. The van der Waals surface area contributed by atoms with Gasteiger partial charge < -0.3 is 4.90 Å². The van der Waals surface area contributed by atoms with Crippen LogP contribution in [0.5, 0.6) is 0 Å². The maximum Gasteiger partial charge on any atom is 0.267 e. The summed E-state index contributed by atoms with van der Waals surface area (Å²) in [6, 6.07) is 3.92. The summed E-state index contributed by atoms with van der Waals surface area (Å²) in [6.45, 7) is 2.59. The highest BCUT2D eigenvalue weighted by molar-refractivity contribution is 5.43. The first-order valence-corrected chi connectivity index (χ1v) is 8.93. The summed E-state index contributed by atoms with van der Waals surface area (Å²) in [5, 5.41) is 4.58. The SMILES string of the molecule is O=c1cc2c(nn1CC1CN(c3cc(C4CC4)ncn3)C1)CCC2. The lowest BCUT2D eigenvalue weighted by atomic mass is 10.00. The highest BCUT2D eigenvalue weighted by Crippen LogP contribution is 2.39. The van der Waals surface area contributed by atoms with Crippen LogP contribution in [0.25, 0.3) is 0 Å². The van der Waals surface area contributed by atoms with Crippen LogP contribution in [0.3, 0.4) is 0 Å². The molecule has 0 atom stereocenters. The quantitative estimate of drug-likeness (QED) is 0.854. The number of aryl methyl sites for hydroxylation is 2. The standard InChI is InChI=1S/C18H21N5O/c24-18-6-14-2-1-3-15(14)21-23(18)10-12-8-22(9-12)17-7-16(13-4-5-13)19-11-20-17/h6-7,11-13H,1-5,8-10H2. The largest absolute Gasteiger partial charge is 0.356 e. The van der Waals surface area contributed by atoms with E-state index in [-0.39, 0.29) is 5.56 Å². The normalized spacial score (nSPS) is 20.1. The third-order valence-electron chi connectivity index (χ3n) is 5.41. The van der Waals surface area contributed by atoms with Crippen molar-refractivity contribution in [3.05, 3.63) is 45.8 Å². The molecular weight excluding hydrogens is 302 g/mol. The number of anilines is 1. The van der Waals surface area contributed by atoms with Crippen molar-refractivity contribution in [2.45, 2.75) is 44.6 Å². The average molecular weight is 323 g/mol. The fourth-order valence-corrected chi connectivity index (χ4v) is 3.82. The first-order valence-electron chi connectivity index (χ1n) is 8.93. The van der Waals surface area contributed by atoms with Crippen molar-refractivity contribution in [3.8, 4) is 0 Å². The van der Waals surface area contributed by atoms with Crippen LogP contribution in [0.15, 0.2) is 23.3 Å². The van der Waals surface area contributed by atoms with Gasteiger partial charge in [-0.2, -0.15) is 5.10 Å². The van der Waals surface area contributed by atoms with Crippen molar-refractivity contribution < 1.29 is 0 Å². The third-order valence-corrected chi connectivity index (χ3v) is 5.41. The zero-order valence-electron chi connectivity index (χ0n) is 13.7. The predicted molar refractivity (Wildman–Crippen MR) is 90.2 cm³/mol. The minimum Gasteiger partial charge on any atom is -0.356 e. The van der Waals surface area contributed by atoms with Gasteiger partial charge in [0.1, 0.15) is 12.1 Å². The van der Waals surface area contributed by atoms with E-state index < -0.39 is 0 Å². The number of nitrogens with zero attached hydrogens (tertiary/aromatic N) is 5. The Morgan fingerprint density at radius 2 is 2.00 bits per heavy atom. The Labute approximate surface area is 140 Å². The van der Waals surface area contributed by atoms with Gasteiger partial charge in [0.15, 0.2) is 0 Å². The van der Waals surface area contributed by atoms with Crippen LogP contribution in [0, 0.1) is 5.92 Å². The van der Waals surface area contributed by atoms with Crippen LogP contribution in [-0.4, -0.2) is 32.8 Å². The smallest absolute Gasteiger partial charge is 0.267 e. The van der Waals surface area contributed by atoms with Gasteiger partial charge in [0.2, 0.25) is 0 Å². The van der Waals surface area contributed by atoms with Crippen LogP contribution in [0.1, 0.15) is 42.1 Å². The minimum atomic E-state index is 0.0483. The van der Waals surface area contributed by atoms with Gasteiger partial charge in [0.05, 0.1) is 12.2 Å². The van der Waals surface area contributed by atoms with Gasteiger partial charge in [0.25, 0.3) is 5.56 Å². The molecule has 6 heteroatoms. The number of fused-ring (bicyclic) bond motifs is 1. The van der Waals surface area contributed by atoms with Crippen LogP contribution < -0.4 is 10.5 Å². The lowest BCUT2D eigenvalue weighted by Crippen LogP contribution is -2.50. The predicted octanol–water partition coefficient (Wildman–Crippen LogP) is 1.54. The molecule has 5 rings (SSSR count). The molecule has 0 aromatic carbocycles. The topological polar surface area (TPSA) is 63.9 Å². The second-order valence-corrected chi connectivity index (χ2v) is 7.34. The summed E-state index contributed by atoms with van der Waals surface area (Å²) >= 11 is 0. The van der Waals surface area contributed by atoms with Crippen molar-refractivity contribution in [2.24, 2.45) is 5.92 Å². The highest BCUT2D eigenvalue weighted by atomic mass is 16.1. The third kappa shape index (κ3) is 2.50. The minimum absolute atomic E-state index is 0.0483. The van der Waals surface area contributed by atoms with E-state index >= 15 is 0 Å². The molecule has 2 fully saturated rings. The van der Waals surface area contributed by atoms with Crippen LogP contribution in [0.2, 0.25) is 0 Å². The summed E-state index contributed by atoms with van der Waals surface area (Å²) in [6.07, 6.45) is 7.34. The molecule has 6 nitrogen and oxygen atoms in total. The van der Waals surface area contributed by atoms with Gasteiger partial charge in [-0.1, -0.05) is 0 Å². The average Bonchev–Trinajstić information content (AvgIpc) is 3.31. The second kappa shape index (κ2) is 5.40. The molecule has 0 radical (unpaired) electrons. The van der Waals surface area contributed by atoms with Crippen LogP contribution in [0.4, 0.5) is 5.82 Å². The lowest BCUT2D eigenvalue weighted by molar-refractivity contribution is 0.331. The molecule has 0 bridgehead atoms. The maximum absolute atomic E-state index is 12.2. The number of hydrogen-bond donors (Lipinski definition) is 0. The molecule has 0 spiro atoms. The van der Waals surface area contributed by atoms with E-state index in [1.165, 1.54) is 18.5 Å². The summed E-state index contributed by atoms with van der Waals surface area (Å²) < 4.78 is 1.67. The lowest BCUT2D eigenvalue weighted by Gasteiger charge is -2.40. The van der Waals surface area contributed by atoms with Crippen LogP contribution >= 0.6 is 0 Å². The number of aromatic nitrogens is 4. The van der Waals surface area contributed by atoms with E-state index in [1.54, 1.807) is 17.1 Å². The molecule has 1 saturated heterocycles. The van der Waals surface area contributed by atoms with E-state index in [4.69, 9.17) is 0 Å². The van der Waals surface area contributed by atoms with E-state index in [1.807, 2.05) is 0 Å². The van der Waals surface area contributed by atoms with E-state index in [2.05, 4.69) is 26.0 Å². The zero-order valence-corrected chi connectivity index (χ0v) is 13.7. The summed E-state index contributed by atoms with van der Waals surface area (Å²) in [4.78, 5) is 23.3. The molecule has 2 aromatic rings. The molecule has 3 heterocycles. The molecule has 0 unspecified atom stereocenters. The van der Waals surface area contributed by atoms with Gasteiger partial charge in [-0.05, 0) is 37.7 Å². The summed E-state index contributed by atoms with van der Waals surface area (Å²) in [5.74, 6) is 2.14. The second-order valence-electron chi connectivity index (χ2n) is 7.34. The van der Waals surface area contributed by atoms with Crippen molar-refractivity contribution >= 4 is 5.82 Å². The van der Waals surface area contributed by atoms with E-state index in [0.717, 1.165) is 49.4 Å². The molecule has 2 aromatic heterocycles. The van der Waals surface area contributed by atoms with Gasteiger partial charge >= 0.3 is 0 Å². The molecule has 1 aliphatic heterocycles. The highest BCUT2D eigenvalue weighted by Gasteiger charge is 2.31. The first-order chi connectivity index (χ1) is 11.8. The van der Waals surface area contributed by atoms with E-state index in [9.17, 15) is 4.79 Å². The molecule has 2 aliphatic carbocycles. The van der Waals surface area contributed by atoms with Crippen LogP contribution in [-0.2, 0) is 19.4 Å². The summed E-state index contributed by atoms with van der Waals surface area (Å²) in [5.41, 5.74) is 3.50. The first kappa shape index (κ1) is 14.1. The molecule has 3 aliphatic rings. The monoisotopic (exact) mass is 323 g/mol. The fraction of sp³-hybridized carbons (Fsp3) is 0.556. The maximum atomic E-state index is 12.2. The molecular formula is C18H21N5O. The van der Waals surface area contributed by atoms with E-state index in [0.29, 0.717) is 18.4 Å². The Morgan fingerprint density at radius 1 is 1.12 bits per heavy atom. The molecule has 24 heavy (non-hydrogen) atoms. The Morgan fingerprint density at radius 3 is 2.83 bits per heavy atom. The number of rotatable bonds is 4. The molecule has 0 amide bonds. The van der Waals surface area contributed by atoms with Crippen molar-refractivity contribution in [1.82, 2.24) is 19.7 Å². The van der Waals surface area contributed by atoms with Crippen molar-refractivity contribution in [3.63, 3.8) is 0 Å². The Balaban J connectivity index is 1.26. The zero-order chi connectivity index (χ0) is 16.1. The van der Waals surface area contributed by atoms with Gasteiger partial charge in [-0.15, -0.1) is 0 Å². The van der Waals surface area contributed by atoms with Crippen molar-refractivity contribution in [2.75, 3.05) is 18.0 Å². The Hall–Kier alpha value is -2.24. The fourth-order valence-electron chi connectivity index (χ4n) is 3.82. The van der Waals surface area contributed by atoms with Gasteiger partial charge in [0, 0.05) is 42.8 Å². The molecule has 124 valence electrons. The van der Waals surface area contributed by atoms with Gasteiger partial charge in [-0.25, -0.2) is 14.6 Å². The Kier molecular flexibility index (Phi) is 3.18. The van der Waals surface area contributed by atoms with Crippen molar-refractivity contribution in [1.29, 1.82) is 0 Å². The summed E-state index contributed by atoms with van der Waals surface area (Å²) in [7, 11) is 0.